The molecular weight excluding hydrogens is 408 g/mol. The number of nitrogens with one attached hydrogen (secondary N) is 2. The van der Waals surface area contributed by atoms with Crippen molar-refractivity contribution in [1.82, 2.24) is 19.8 Å². The molecule has 1 aliphatic rings. The van der Waals surface area contributed by atoms with E-state index >= 15 is 0 Å². The Morgan fingerprint density at radius 2 is 1.91 bits per heavy atom. The number of aromatic amines is 1. The van der Waals surface area contributed by atoms with Gasteiger partial charge < -0.3 is 10.1 Å². The van der Waals surface area contributed by atoms with Gasteiger partial charge >= 0.3 is 5.69 Å². The van der Waals surface area contributed by atoms with Crippen molar-refractivity contribution in [2.24, 2.45) is 0 Å². The zero-order valence-electron chi connectivity index (χ0n) is 18.2. The van der Waals surface area contributed by atoms with E-state index in [4.69, 9.17) is 4.74 Å². The summed E-state index contributed by atoms with van der Waals surface area (Å²) in [5.41, 5.74) is 1.94. The first-order chi connectivity index (χ1) is 15.5. The Bertz CT molecular complexity index is 1210. The maximum atomic E-state index is 12.7. The zero-order valence-corrected chi connectivity index (χ0v) is 18.2. The first-order valence-corrected chi connectivity index (χ1v) is 10.9. The lowest BCUT2D eigenvalue weighted by molar-refractivity contribution is -0.121. The fourth-order valence-corrected chi connectivity index (χ4v) is 4.20. The number of hydrogen-bond acceptors (Lipinski definition) is 5. The third-order valence-electron chi connectivity index (χ3n) is 5.87. The van der Waals surface area contributed by atoms with E-state index in [1.54, 1.807) is 24.3 Å². The number of benzene rings is 2. The molecule has 1 atom stereocenters. The van der Waals surface area contributed by atoms with Crippen molar-refractivity contribution in [2.75, 3.05) is 32.8 Å². The number of fused-ring (bicyclic) bond motifs is 1. The van der Waals surface area contributed by atoms with Crippen molar-refractivity contribution >= 4 is 16.8 Å². The van der Waals surface area contributed by atoms with Gasteiger partial charge in [0.25, 0.3) is 5.56 Å². The molecule has 0 spiro atoms. The zero-order chi connectivity index (χ0) is 22.5. The summed E-state index contributed by atoms with van der Waals surface area (Å²) in [5.74, 6) is -0.141. The van der Waals surface area contributed by atoms with E-state index in [1.807, 2.05) is 6.07 Å². The third kappa shape index (κ3) is 4.98. The fraction of sp³-hybridized carbons (Fsp3) is 0.375. The molecule has 1 unspecified atom stereocenters. The van der Waals surface area contributed by atoms with Crippen molar-refractivity contribution in [3.63, 3.8) is 0 Å². The van der Waals surface area contributed by atoms with Crippen LogP contribution in [0.1, 0.15) is 23.6 Å². The highest BCUT2D eigenvalue weighted by atomic mass is 16.5. The van der Waals surface area contributed by atoms with Crippen LogP contribution in [0.15, 0.2) is 58.1 Å². The molecule has 4 rings (SSSR count). The molecule has 0 radical (unpaired) electrons. The molecule has 1 fully saturated rings. The lowest BCUT2D eigenvalue weighted by Crippen LogP contribution is -2.44. The molecule has 2 N–H and O–H groups in total. The number of morpholine rings is 1. The Morgan fingerprint density at radius 1 is 1.12 bits per heavy atom. The summed E-state index contributed by atoms with van der Waals surface area (Å²) in [4.78, 5) is 41.7. The lowest BCUT2D eigenvalue weighted by Gasteiger charge is -2.35. The standard InChI is InChI=1S/C24H28N4O4/c1-17-5-4-6-18(15-17)21(27-11-13-32-14-12-27)16-25-22(29)9-10-28-20-8-3-2-7-19(20)23(30)26-24(28)31/h2-8,15,21H,9-14,16H2,1H3,(H,25,29)(H,26,30,31). The average Bonchev–Trinajstić information content (AvgIpc) is 2.80. The van der Waals surface area contributed by atoms with E-state index in [9.17, 15) is 14.4 Å². The molecule has 1 saturated heterocycles. The predicted molar refractivity (Wildman–Crippen MR) is 123 cm³/mol. The number of aryl methyl sites for hydroxylation is 2. The first-order valence-electron chi connectivity index (χ1n) is 10.9. The molecule has 32 heavy (non-hydrogen) atoms. The summed E-state index contributed by atoms with van der Waals surface area (Å²) >= 11 is 0. The monoisotopic (exact) mass is 436 g/mol. The SMILES string of the molecule is Cc1cccc(C(CNC(=O)CCn2c(=O)[nH]c(=O)c3ccccc32)N2CCOCC2)c1. The van der Waals surface area contributed by atoms with Crippen molar-refractivity contribution in [3.05, 3.63) is 80.5 Å². The number of carbonyl (C=O) groups excluding carboxylic acids is 1. The minimum Gasteiger partial charge on any atom is -0.379 e. The van der Waals surface area contributed by atoms with E-state index in [1.165, 1.54) is 10.1 Å². The van der Waals surface area contributed by atoms with Crippen LogP contribution in [0.25, 0.3) is 10.9 Å². The van der Waals surface area contributed by atoms with Gasteiger partial charge in [-0.25, -0.2) is 4.79 Å². The maximum absolute atomic E-state index is 12.7. The highest BCUT2D eigenvalue weighted by Crippen LogP contribution is 2.22. The molecule has 2 heterocycles. The van der Waals surface area contributed by atoms with Crippen LogP contribution in [0.5, 0.6) is 0 Å². The average molecular weight is 437 g/mol. The number of nitrogens with zero attached hydrogens (tertiary/aromatic N) is 2. The van der Waals surface area contributed by atoms with Gasteiger partial charge in [0.1, 0.15) is 0 Å². The number of carbonyl (C=O) groups is 1. The number of ether oxygens (including phenoxy) is 1. The molecular formula is C24H28N4O4. The highest BCUT2D eigenvalue weighted by molar-refractivity contribution is 5.78. The third-order valence-corrected chi connectivity index (χ3v) is 5.87. The number of aromatic nitrogens is 2. The number of hydrogen-bond donors (Lipinski definition) is 2. The molecule has 168 valence electrons. The molecule has 1 aliphatic heterocycles. The van der Waals surface area contributed by atoms with Crippen LogP contribution in [0.3, 0.4) is 0 Å². The van der Waals surface area contributed by atoms with Gasteiger partial charge in [0.2, 0.25) is 5.91 Å². The molecule has 8 heteroatoms. The van der Waals surface area contributed by atoms with E-state index in [2.05, 4.69) is 40.3 Å². The minimum atomic E-state index is -0.507. The smallest absolute Gasteiger partial charge is 0.328 e. The molecule has 3 aromatic rings. The van der Waals surface area contributed by atoms with Gasteiger partial charge in [-0.15, -0.1) is 0 Å². The summed E-state index contributed by atoms with van der Waals surface area (Å²) in [6.07, 6.45) is 0.138. The van der Waals surface area contributed by atoms with Crippen molar-refractivity contribution in [2.45, 2.75) is 25.9 Å². The van der Waals surface area contributed by atoms with Crippen LogP contribution in [0, 0.1) is 6.92 Å². The Morgan fingerprint density at radius 3 is 2.69 bits per heavy atom. The van der Waals surface area contributed by atoms with Gasteiger partial charge in [0, 0.05) is 32.6 Å². The molecule has 1 aromatic heterocycles. The molecule has 8 nitrogen and oxygen atoms in total. The number of amides is 1. The van der Waals surface area contributed by atoms with E-state index in [0.29, 0.717) is 30.7 Å². The number of rotatable bonds is 7. The molecule has 2 aromatic carbocycles. The Hall–Kier alpha value is -3.23. The van der Waals surface area contributed by atoms with E-state index < -0.39 is 11.2 Å². The summed E-state index contributed by atoms with van der Waals surface area (Å²) in [6.45, 7) is 5.71. The van der Waals surface area contributed by atoms with Gasteiger partial charge in [-0.05, 0) is 24.6 Å². The Kier molecular flexibility index (Phi) is 6.82. The van der Waals surface area contributed by atoms with Crippen molar-refractivity contribution in [3.8, 4) is 0 Å². The lowest BCUT2D eigenvalue weighted by atomic mass is 10.0. The Balaban J connectivity index is 1.45. The van der Waals surface area contributed by atoms with Crippen LogP contribution in [-0.2, 0) is 16.1 Å². The Labute approximate surface area is 185 Å². The normalized spacial score (nSPS) is 15.5. The maximum Gasteiger partial charge on any atom is 0.328 e. The number of H-pyrrole nitrogens is 1. The van der Waals surface area contributed by atoms with Gasteiger partial charge in [0.05, 0.1) is 30.2 Å². The topological polar surface area (TPSA) is 96.4 Å². The quantitative estimate of drug-likeness (QED) is 0.586. The molecule has 1 amide bonds. The van der Waals surface area contributed by atoms with Gasteiger partial charge in [-0.2, -0.15) is 0 Å². The summed E-state index contributed by atoms with van der Waals surface area (Å²) in [7, 11) is 0. The molecule has 0 saturated carbocycles. The van der Waals surface area contributed by atoms with Crippen LogP contribution < -0.4 is 16.6 Å². The van der Waals surface area contributed by atoms with Crippen LogP contribution >= 0.6 is 0 Å². The van der Waals surface area contributed by atoms with Crippen LogP contribution in [0.2, 0.25) is 0 Å². The second kappa shape index (κ2) is 9.93. The second-order valence-electron chi connectivity index (χ2n) is 8.06. The van der Waals surface area contributed by atoms with Crippen LogP contribution in [-0.4, -0.2) is 53.2 Å². The van der Waals surface area contributed by atoms with Crippen molar-refractivity contribution in [1.29, 1.82) is 0 Å². The minimum absolute atomic E-state index is 0.0550. The summed E-state index contributed by atoms with van der Waals surface area (Å²) in [5, 5.41) is 3.47. The largest absolute Gasteiger partial charge is 0.379 e. The molecule has 0 aliphatic carbocycles. The van der Waals surface area contributed by atoms with E-state index in [-0.39, 0.29) is 24.9 Å². The second-order valence-corrected chi connectivity index (χ2v) is 8.06. The molecule has 0 bridgehead atoms. The predicted octanol–water partition coefficient (Wildman–Crippen LogP) is 1.58. The van der Waals surface area contributed by atoms with Gasteiger partial charge in [0.15, 0.2) is 0 Å². The fourth-order valence-electron chi connectivity index (χ4n) is 4.20. The number of para-hydroxylation sites is 1. The summed E-state index contributed by atoms with van der Waals surface area (Å²) in [6, 6.07) is 15.3. The van der Waals surface area contributed by atoms with Gasteiger partial charge in [-0.3, -0.25) is 24.0 Å². The first kappa shape index (κ1) is 22.0. The van der Waals surface area contributed by atoms with Crippen molar-refractivity contribution < 1.29 is 9.53 Å². The summed E-state index contributed by atoms with van der Waals surface area (Å²) < 4.78 is 6.93. The van der Waals surface area contributed by atoms with E-state index in [0.717, 1.165) is 18.7 Å². The van der Waals surface area contributed by atoms with Gasteiger partial charge in [-0.1, -0.05) is 42.0 Å². The highest BCUT2D eigenvalue weighted by Gasteiger charge is 2.23. The van der Waals surface area contributed by atoms with Crippen LogP contribution in [0.4, 0.5) is 0 Å².